The van der Waals surface area contributed by atoms with Gasteiger partial charge in [0.25, 0.3) is 0 Å². The average Bonchev–Trinajstić information content (AvgIpc) is 2.87. The molecule has 0 aliphatic carbocycles. The van der Waals surface area contributed by atoms with Crippen LogP contribution < -0.4 is 10.6 Å². The van der Waals surface area contributed by atoms with Gasteiger partial charge in [0.1, 0.15) is 0 Å². The molecule has 0 aromatic rings. The van der Waals surface area contributed by atoms with E-state index in [1.165, 1.54) is 90.1 Å². The van der Waals surface area contributed by atoms with Crippen molar-refractivity contribution in [3.8, 4) is 0 Å². The second-order valence-electron chi connectivity index (χ2n) is 10.6. The van der Waals surface area contributed by atoms with E-state index >= 15 is 0 Å². The molecule has 26 heavy (non-hydrogen) atoms. The first-order chi connectivity index (χ1) is 12.3. The topological polar surface area (TPSA) is 27.3 Å². The molecule has 2 aliphatic rings. The van der Waals surface area contributed by atoms with E-state index in [9.17, 15) is 0 Å². The van der Waals surface area contributed by atoms with Gasteiger partial charge in [-0.15, -0.1) is 0 Å². The summed E-state index contributed by atoms with van der Waals surface area (Å²) in [5.41, 5.74) is 0.764. The molecule has 0 radical (unpaired) electrons. The van der Waals surface area contributed by atoms with Crippen LogP contribution >= 0.6 is 0 Å². The highest BCUT2D eigenvalue weighted by Crippen LogP contribution is 2.38. The van der Waals surface area contributed by atoms with E-state index in [0.29, 0.717) is 5.54 Å². The highest BCUT2D eigenvalue weighted by Gasteiger charge is 2.49. The highest BCUT2D eigenvalue weighted by atomic mass is 15.3. The third-order valence-corrected chi connectivity index (χ3v) is 6.27. The van der Waals surface area contributed by atoms with Crippen molar-refractivity contribution in [2.75, 3.05) is 19.8 Å². The largest absolute Gasteiger partial charge is 0.307 e. The maximum absolute atomic E-state index is 3.90. The summed E-state index contributed by atoms with van der Waals surface area (Å²) in [6.07, 6.45) is 16.7. The summed E-state index contributed by atoms with van der Waals surface area (Å²) in [6, 6.07) is 0. The van der Waals surface area contributed by atoms with E-state index in [2.05, 4.69) is 50.2 Å². The number of nitrogens with zero attached hydrogens (tertiary/aromatic N) is 1. The first kappa shape index (κ1) is 22.2. The van der Waals surface area contributed by atoms with E-state index < -0.39 is 0 Å². The Morgan fingerprint density at radius 2 is 1.23 bits per heavy atom. The van der Waals surface area contributed by atoms with Crippen molar-refractivity contribution >= 4 is 0 Å². The number of hydrogen-bond acceptors (Lipinski definition) is 3. The molecule has 0 amide bonds. The normalized spacial score (nSPS) is 24.3. The van der Waals surface area contributed by atoms with Gasteiger partial charge in [-0.3, -0.25) is 10.2 Å². The van der Waals surface area contributed by atoms with Gasteiger partial charge in [0.15, 0.2) is 0 Å². The molecule has 3 nitrogen and oxygen atoms in total. The van der Waals surface area contributed by atoms with Crippen LogP contribution in [0.1, 0.15) is 112 Å². The molecule has 0 unspecified atom stereocenters. The van der Waals surface area contributed by atoms with Crippen LogP contribution in [-0.4, -0.2) is 41.3 Å². The second-order valence-corrected chi connectivity index (χ2v) is 10.6. The number of unbranched alkanes of at least 4 members (excludes halogenated alkanes) is 9. The summed E-state index contributed by atoms with van der Waals surface area (Å²) in [6.45, 7) is 15.3. The SMILES string of the molecule is CCCCCCCCCCCCN1CNC2(C1)CC(C)(C)NC(C)(C)C2. The van der Waals surface area contributed by atoms with Crippen LogP contribution in [-0.2, 0) is 0 Å². The van der Waals surface area contributed by atoms with Crippen LogP contribution in [0, 0.1) is 0 Å². The molecular weight excluding hydrogens is 318 g/mol. The zero-order valence-corrected chi connectivity index (χ0v) is 18.6. The number of piperidine rings is 1. The lowest BCUT2D eigenvalue weighted by Crippen LogP contribution is -2.67. The fourth-order valence-electron chi connectivity index (χ4n) is 5.80. The van der Waals surface area contributed by atoms with Crippen LogP contribution in [0.25, 0.3) is 0 Å². The van der Waals surface area contributed by atoms with Crippen molar-refractivity contribution in [1.29, 1.82) is 0 Å². The number of hydrogen-bond donors (Lipinski definition) is 2. The molecule has 2 rings (SSSR count). The van der Waals surface area contributed by atoms with Crippen molar-refractivity contribution in [3.05, 3.63) is 0 Å². The maximum Gasteiger partial charge on any atom is 0.0485 e. The molecule has 0 bridgehead atoms. The zero-order valence-electron chi connectivity index (χ0n) is 18.6. The van der Waals surface area contributed by atoms with Gasteiger partial charge < -0.3 is 5.32 Å². The predicted molar refractivity (Wildman–Crippen MR) is 115 cm³/mol. The van der Waals surface area contributed by atoms with Crippen LogP contribution in [0.4, 0.5) is 0 Å². The van der Waals surface area contributed by atoms with Gasteiger partial charge in [-0.25, -0.2) is 0 Å². The summed E-state index contributed by atoms with van der Waals surface area (Å²) in [5, 5.41) is 7.73. The van der Waals surface area contributed by atoms with Crippen molar-refractivity contribution in [2.45, 2.75) is 128 Å². The van der Waals surface area contributed by atoms with Crippen molar-refractivity contribution in [1.82, 2.24) is 15.5 Å². The summed E-state index contributed by atoms with van der Waals surface area (Å²) in [4.78, 5) is 2.67. The Balaban J connectivity index is 1.57. The van der Waals surface area contributed by atoms with Crippen LogP contribution in [0.5, 0.6) is 0 Å². The molecular formula is C23H47N3. The lowest BCUT2D eigenvalue weighted by Gasteiger charge is -2.51. The number of nitrogens with one attached hydrogen (secondary N) is 2. The van der Waals surface area contributed by atoms with Crippen LogP contribution in [0.15, 0.2) is 0 Å². The smallest absolute Gasteiger partial charge is 0.0485 e. The Labute approximate surface area is 164 Å². The Morgan fingerprint density at radius 3 is 1.77 bits per heavy atom. The van der Waals surface area contributed by atoms with Gasteiger partial charge >= 0.3 is 0 Å². The Bertz CT molecular complexity index is 386. The number of rotatable bonds is 11. The monoisotopic (exact) mass is 365 g/mol. The minimum Gasteiger partial charge on any atom is -0.307 e. The van der Waals surface area contributed by atoms with Gasteiger partial charge in [-0.05, 0) is 53.5 Å². The average molecular weight is 366 g/mol. The highest BCUT2D eigenvalue weighted by molar-refractivity contribution is 5.11. The van der Waals surface area contributed by atoms with Crippen LogP contribution in [0.2, 0.25) is 0 Å². The fraction of sp³-hybridized carbons (Fsp3) is 1.00. The van der Waals surface area contributed by atoms with Crippen molar-refractivity contribution in [3.63, 3.8) is 0 Å². The third kappa shape index (κ3) is 7.48. The van der Waals surface area contributed by atoms with Gasteiger partial charge in [0, 0.05) is 29.8 Å². The third-order valence-electron chi connectivity index (χ3n) is 6.27. The van der Waals surface area contributed by atoms with Gasteiger partial charge in [-0.1, -0.05) is 64.7 Å². The van der Waals surface area contributed by atoms with Crippen molar-refractivity contribution in [2.24, 2.45) is 0 Å². The van der Waals surface area contributed by atoms with E-state index in [1.807, 2.05) is 0 Å². The fourth-order valence-corrected chi connectivity index (χ4v) is 5.80. The molecule has 0 saturated carbocycles. The molecule has 2 aliphatic heterocycles. The molecule has 0 aromatic heterocycles. The standard InChI is InChI=1S/C23H47N3/c1-6-7-8-9-10-11-12-13-14-15-16-26-19-23(24-20-26)17-21(2,3)25-22(4,5)18-23/h24-25H,6-20H2,1-5H3. The Morgan fingerprint density at radius 1 is 0.731 bits per heavy atom. The molecule has 0 atom stereocenters. The minimum absolute atomic E-state index is 0.224. The Hall–Kier alpha value is -0.120. The summed E-state index contributed by atoms with van der Waals surface area (Å²) in [7, 11) is 0. The molecule has 3 heteroatoms. The quantitative estimate of drug-likeness (QED) is 0.477. The molecule has 0 aromatic carbocycles. The zero-order chi connectivity index (χ0) is 19.1. The molecule has 1 spiro atoms. The molecule has 2 heterocycles. The lowest BCUT2D eigenvalue weighted by atomic mass is 9.71. The predicted octanol–water partition coefficient (Wildman–Crippen LogP) is 5.45. The summed E-state index contributed by atoms with van der Waals surface area (Å²) in [5.74, 6) is 0. The lowest BCUT2D eigenvalue weighted by molar-refractivity contribution is 0.0939. The van der Waals surface area contributed by atoms with Crippen molar-refractivity contribution < 1.29 is 0 Å². The van der Waals surface area contributed by atoms with E-state index in [4.69, 9.17) is 0 Å². The first-order valence-corrected chi connectivity index (χ1v) is 11.5. The van der Waals surface area contributed by atoms with Gasteiger partial charge in [-0.2, -0.15) is 0 Å². The second kappa shape index (κ2) is 9.89. The Kier molecular flexibility index (Phi) is 8.43. The molecule has 2 fully saturated rings. The summed E-state index contributed by atoms with van der Waals surface area (Å²) < 4.78 is 0. The van der Waals surface area contributed by atoms with E-state index in [0.717, 1.165) is 6.67 Å². The summed E-state index contributed by atoms with van der Waals surface area (Å²) >= 11 is 0. The van der Waals surface area contributed by atoms with Gasteiger partial charge in [0.05, 0.1) is 0 Å². The van der Waals surface area contributed by atoms with Crippen LogP contribution in [0.3, 0.4) is 0 Å². The van der Waals surface area contributed by atoms with E-state index in [1.54, 1.807) is 0 Å². The molecule has 2 N–H and O–H groups in total. The maximum atomic E-state index is 3.90. The van der Waals surface area contributed by atoms with Gasteiger partial charge in [0.2, 0.25) is 0 Å². The first-order valence-electron chi connectivity index (χ1n) is 11.5. The molecule has 2 saturated heterocycles. The minimum atomic E-state index is 0.224. The molecule has 154 valence electrons. The van der Waals surface area contributed by atoms with E-state index in [-0.39, 0.29) is 11.1 Å².